The predicted molar refractivity (Wildman–Crippen MR) is 74.2 cm³/mol. The van der Waals surface area contributed by atoms with Crippen LogP contribution in [-0.2, 0) is 4.79 Å². The second-order valence-corrected chi connectivity index (χ2v) is 5.46. The fourth-order valence-corrected chi connectivity index (χ4v) is 3.00. The first-order valence-corrected chi connectivity index (χ1v) is 7.26. The molecule has 1 unspecified atom stereocenters. The summed E-state index contributed by atoms with van der Waals surface area (Å²) in [6, 6.07) is 1.63. The van der Waals surface area contributed by atoms with Gasteiger partial charge in [0.25, 0.3) is 0 Å². The van der Waals surface area contributed by atoms with E-state index in [4.69, 9.17) is 0 Å². The minimum atomic E-state index is -0.254. The summed E-state index contributed by atoms with van der Waals surface area (Å²) < 4.78 is 0. The summed E-state index contributed by atoms with van der Waals surface area (Å²) in [5.41, 5.74) is 0. The fourth-order valence-electron chi connectivity index (χ4n) is 3.00. The number of piperidine rings is 1. The maximum Gasteiger partial charge on any atom is 0.245 e. The zero-order valence-corrected chi connectivity index (χ0v) is 11.5. The van der Waals surface area contributed by atoms with E-state index >= 15 is 0 Å². The first kappa shape index (κ1) is 13.3. The average molecular weight is 276 g/mol. The number of aliphatic hydroxyl groups excluding tert-OH is 1. The lowest BCUT2D eigenvalue weighted by Gasteiger charge is -2.34. The van der Waals surface area contributed by atoms with Crippen LogP contribution in [0.2, 0.25) is 0 Å². The molecule has 0 bridgehead atoms. The Hall–Kier alpha value is -1.69. The molecule has 108 valence electrons. The first-order chi connectivity index (χ1) is 9.75. The van der Waals surface area contributed by atoms with Gasteiger partial charge in [-0.3, -0.25) is 4.79 Å². The Kier molecular flexibility index (Phi) is 3.82. The van der Waals surface area contributed by atoms with Crippen LogP contribution in [0.25, 0.3) is 0 Å². The van der Waals surface area contributed by atoms with Gasteiger partial charge in [-0.25, -0.2) is 9.97 Å². The third-order valence-electron chi connectivity index (χ3n) is 4.12. The minimum absolute atomic E-state index is 0.146. The number of rotatable bonds is 2. The number of hydrogen-bond acceptors (Lipinski definition) is 5. The van der Waals surface area contributed by atoms with Gasteiger partial charge in [-0.15, -0.1) is 0 Å². The second-order valence-electron chi connectivity index (χ2n) is 5.46. The Labute approximate surface area is 118 Å². The van der Waals surface area contributed by atoms with E-state index in [-0.39, 0.29) is 18.1 Å². The van der Waals surface area contributed by atoms with Crippen LogP contribution >= 0.6 is 0 Å². The minimum Gasteiger partial charge on any atom is -0.393 e. The van der Waals surface area contributed by atoms with Gasteiger partial charge >= 0.3 is 0 Å². The predicted octanol–water partition coefficient (Wildman–Crippen LogP) is 0.429. The van der Waals surface area contributed by atoms with Crippen LogP contribution in [0.15, 0.2) is 18.5 Å². The third-order valence-corrected chi connectivity index (χ3v) is 4.12. The van der Waals surface area contributed by atoms with Crippen molar-refractivity contribution in [2.24, 2.45) is 0 Å². The summed E-state index contributed by atoms with van der Waals surface area (Å²) in [6.07, 6.45) is 6.37. The standard InChI is InChI=1S/C14H20N4O2/c19-11-4-9-17(10-5-11)13(20)12-3-1-8-18(12)14-15-6-2-7-16-14/h2,6-7,11-12,19H,1,3-5,8-10H2. The Bertz CT molecular complexity index is 460. The third kappa shape index (κ3) is 2.60. The maximum atomic E-state index is 12.6. The SMILES string of the molecule is O=C(C1CCCN1c1ncccn1)N1CCC(O)CC1. The zero-order chi connectivity index (χ0) is 13.9. The first-order valence-electron chi connectivity index (χ1n) is 7.26. The second kappa shape index (κ2) is 5.75. The van der Waals surface area contributed by atoms with Gasteiger partial charge in [-0.2, -0.15) is 0 Å². The summed E-state index contributed by atoms with van der Waals surface area (Å²) in [4.78, 5) is 25.0. The van der Waals surface area contributed by atoms with Crippen LogP contribution in [-0.4, -0.2) is 57.7 Å². The highest BCUT2D eigenvalue weighted by molar-refractivity contribution is 5.85. The molecule has 6 heteroatoms. The van der Waals surface area contributed by atoms with Crippen LogP contribution in [0.5, 0.6) is 0 Å². The number of aromatic nitrogens is 2. The Balaban J connectivity index is 1.70. The molecule has 2 aliphatic rings. The van der Waals surface area contributed by atoms with Crippen molar-refractivity contribution in [1.29, 1.82) is 0 Å². The molecule has 6 nitrogen and oxygen atoms in total. The van der Waals surface area contributed by atoms with E-state index < -0.39 is 0 Å². The van der Waals surface area contributed by atoms with Crippen molar-refractivity contribution in [3.05, 3.63) is 18.5 Å². The molecular weight excluding hydrogens is 256 g/mol. The van der Waals surface area contributed by atoms with Crippen LogP contribution in [0.4, 0.5) is 5.95 Å². The number of aliphatic hydroxyl groups is 1. The number of carbonyl (C=O) groups excluding carboxylic acids is 1. The Morgan fingerprint density at radius 3 is 2.55 bits per heavy atom. The molecule has 3 heterocycles. The Morgan fingerprint density at radius 1 is 1.15 bits per heavy atom. The largest absolute Gasteiger partial charge is 0.393 e. The van der Waals surface area contributed by atoms with Crippen LogP contribution in [0.3, 0.4) is 0 Å². The molecule has 1 atom stereocenters. The normalized spacial score (nSPS) is 24.1. The topological polar surface area (TPSA) is 69.6 Å². The van der Waals surface area contributed by atoms with Crippen LogP contribution in [0.1, 0.15) is 25.7 Å². The molecule has 0 spiro atoms. The summed E-state index contributed by atoms with van der Waals surface area (Å²) in [5.74, 6) is 0.794. The van der Waals surface area contributed by atoms with Gasteiger partial charge in [0.1, 0.15) is 6.04 Å². The number of likely N-dealkylation sites (tertiary alicyclic amines) is 1. The van der Waals surface area contributed by atoms with Crippen molar-refractivity contribution in [3.8, 4) is 0 Å². The van der Waals surface area contributed by atoms with E-state index in [2.05, 4.69) is 9.97 Å². The van der Waals surface area contributed by atoms with Crippen molar-refractivity contribution in [1.82, 2.24) is 14.9 Å². The molecule has 0 saturated carbocycles. The quantitative estimate of drug-likeness (QED) is 0.848. The lowest BCUT2D eigenvalue weighted by atomic mass is 10.1. The van der Waals surface area contributed by atoms with E-state index in [9.17, 15) is 9.90 Å². The Morgan fingerprint density at radius 2 is 1.85 bits per heavy atom. The van der Waals surface area contributed by atoms with E-state index in [1.807, 2.05) is 9.80 Å². The van der Waals surface area contributed by atoms with Gasteiger partial charge in [0.15, 0.2) is 0 Å². The summed E-state index contributed by atoms with van der Waals surface area (Å²) in [5, 5.41) is 9.54. The lowest BCUT2D eigenvalue weighted by Crippen LogP contribution is -2.49. The number of hydrogen-bond donors (Lipinski definition) is 1. The smallest absolute Gasteiger partial charge is 0.245 e. The van der Waals surface area contributed by atoms with Gasteiger partial charge in [0.05, 0.1) is 6.10 Å². The van der Waals surface area contributed by atoms with Crippen LogP contribution in [0, 0.1) is 0 Å². The number of amides is 1. The van der Waals surface area contributed by atoms with Gasteiger partial charge in [0, 0.05) is 32.0 Å². The van der Waals surface area contributed by atoms with Gasteiger partial charge in [0.2, 0.25) is 11.9 Å². The van der Waals surface area contributed by atoms with Crippen molar-refractivity contribution >= 4 is 11.9 Å². The van der Waals surface area contributed by atoms with E-state index in [1.54, 1.807) is 18.5 Å². The van der Waals surface area contributed by atoms with Crippen molar-refractivity contribution < 1.29 is 9.90 Å². The number of nitrogens with zero attached hydrogens (tertiary/aromatic N) is 4. The van der Waals surface area contributed by atoms with Crippen molar-refractivity contribution in [2.75, 3.05) is 24.5 Å². The molecule has 1 aromatic heterocycles. The highest BCUT2D eigenvalue weighted by Gasteiger charge is 2.36. The molecule has 0 aliphatic carbocycles. The molecule has 2 saturated heterocycles. The van der Waals surface area contributed by atoms with E-state index in [1.165, 1.54) is 0 Å². The molecule has 2 aliphatic heterocycles. The highest BCUT2D eigenvalue weighted by atomic mass is 16.3. The highest BCUT2D eigenvalue weighted by Crippen LogP contribution is 2.24. The molecule has 1 aromatic rings. The lowest BCUT2D eigenvalue weighted by molar-refractivity contribution is -0.134. The molecule has 1 amide bonds. The van der Waals surface area contributed by atoms with Gasteiger partial charge in [-0.05, 0) is 31.7 Å². The van der Waals surface area contributed by atoms with Gasteiger partial charge in [-0.1, -0.05) is 0 Å². The molecule has 1 N–H and O–H groups in total. The van der Waals surface area contributed by atoms with E-state index in [0.717, 1.165) is 19.4 Å². The van der Waals surface area contributed by atoms with E-state index in [0.29, 0.717) is 31.9 Å². The summed E-state index contributed by atoms with van der Waals surface area (Å²) >= 11 is 0. The van der Waals surface area contributed by atoms with Crippen molar-refractivity contribution in [2.45, 2.75) is 37.8 Å². The summed E-state index contributed by atoms with van der Waals surface area (Å²) in [6.45, 7) is 2.14. The molecule has 3 rings (SSSR count). The van der Waals surface area contributed by atoms with Gasteiger partial charge < -0.3 is 14.9 Å². The number of anilines is 1. The molecular formula is C14H20N4O2. The van der Waals surface area contributed by atoms with Crippen molar-refractivity contribution in [3.63, 3.8) is 0 Å². The maximum absolute atomic E-state index is 12.6. The fraction of sp³-hybridized carbons (Fsp3) is 0.643. The molecule has 2 fully saturated rings. The molecule has 0 aromatic carbocycles. The summed E-state index contributed by atoms with van der Waals surface area (Å²) in [7, 11) is 0. The zero-order valence-electron chi connectivity index (χ0n) is 11.5. The monoisotopic (exact) mass is 276 g/mol. The van der Waals surface area contributed by atoms with Crippen LogP contribution < -0.4 is 4.90 Å². The average Bonchev–Trinajstić information content (AvgIpc) is 2.97. The molecule has 0 radical (unpaired) electrons. The number of carbonyl (C=O) groups is 1. The molecule has 20 heavy (non-hydrogen) atoms.